The number of aliphatic carboxylic acids is 1. The number of hydrogen-bond acceptors (Lipinski definition) is 3. The Balaban J connectivity index is 2.03. The Hall–Kier alpha value is -1.30. The number of aliphatic hydroxyl groups is 1. The van der Waals surface area contributed by atoms with Gasteiger partial charge in [-0.05, 0) is 25.2 Å². The van der Waals surface area contributed by atoms with Gasteiger partial charge in [0.1, 0.15) is 6.04 Å². The molecule has 0 radical (unpaired) electrons. The molecule has 3 atom stereocenters. The zero-order valence-corrected chi connectivity index (χ0v) is 11.3. The van der Waals surface area contributed by atoms with Crippen LogP contribution in [0.1, 0.15) is 32.6 Å². The van der Waals surface area contributed by atoms with Crippen LogP contribution < -0.4 is 0 Å². The van der Waals surface area contributed by atoms with Crippen LogP contribution in [-0.2, 0) is 4.79 Å². The van der Waals surface area contributed by atoms with E-state index in [1.54, 1.807) is 4.90 Å². The van der Waals surface area contributed by atoms with Crippen molar-refractivity contribution in [2.75, 3.05) is 19.6 Å². The minimum absolute atomic E-state index is 0.127. The normalized spacial score (nSPS) is 32.2. The Kier molecular flexibility index (Phi) is 4.29. The van der Waals surface area contributed by atoms with Gasteiger partial charge in [0.2, 0.25) is 0 Å². The van der Waals surface area contributed by atoms with Gasteiger partial charge in [-0.1, -0.05) is 6.92 Å². The number of urea groups is 1. The smallest absolute Gasteiger partial charge is 0.326 e. The van der Waals surface area contributed by atoms with Crippen molar-refractivity contribution in [2.24, 2.45) is 5.92 Å². The molecule has 6 heteroatoms. The number of nitrogens with zero attached hydrogens (tertiary/aromatic N) is 2. The molecule has 0 aromatic heterocycles. The van der Waals surface area contributed by atoms with Gasteiger partial charge in [-0.25, -0.2) is 9.59 Å². The van der Waals surface area contributed by atoms with Gasteiger partial charge in [-0.2, -0.15) is 0 Å². The Morgan fingerprint density at radius 1 is 1.21 bits per heavy atom. The average Bonchev–Trinajstić information content (AvgIpc) is 2.61. The molecule has 2 aliphatic heterocycles. The Labute approximate surface area is 113 Å². The molecule has 0 aromatic carbocycles. The molecular weight excluding hydrogens is 248 g/mol. The molecule has 0 aliphatic carbocycles. The van der Waals surface area contributed by atoms with Gasteiger partial charge in [-0.15, -0.1) is 0 Å². The van der Waals surface area contributed by atoms with Crippen LogP contribution in [0.3, 0.4) is 0 Å². The fourth-order valence-corrected chi connectivity index (χ4v) is 2.90. The van der Waals surface area contributed by atoms with Crippen molar-refractivity contribution in [1.29, 1.82) is 0 Å². The molecule has 2 saturated heterocycles. The highest BCUT2D eigenvalue weighted by Crippen LogP contribution is 2.23. The van der Waals surface area contributed by atoms with Crippen molar-refractivity contribution < 1.29 is 19.8 Å². The zero-order chi connectivity index (χ0) is 14.0. The maximum atomic E-state index is 12.4. The molecule has 0 saturated carbocycles. The lowest BCUT2D eigenvalue weighted by Crippen LogP contribution is -2.48. The topological polar surface area (TPSA) is 81.1 Å². The third-order valence-corrected chi connectivity index (χ3v) is 4.10. The standard InChI is InChI=1S/C13H22N2O4/c1-9-3-2-5-14(6-4-9)13(19)15-8-10(16)7-11(15)12(17)18/h9-11,16H,2-8H2,1H3,(H,17,18). The molecule has 2 fully saturated rings. The lowest BCUT2D eigenvalue weighted by molar-refractivity contribution is -0.141. The number of amides is 2. The summed E-state index contributed by atoms with van der Waals surface area (Å²) in [5, 5.41) is 18.7. The Bertz CT molecular complexity index is 361. The zero-order valence-electron chi connectivity index (χ0n) is 11.3. The number of carbonyl (C=O) groups is 2. The number of likely N-dealkylation sites (tertiary alicyclic amines) is 2. The fourth-order valence-electron chi connectivity index (χ4n) is 2.90. The summed E-state index contributed by atoms with van der Waals surface area (Å²) in [6, 6.07) is -1.12. The van der Waals surface area contributed by atoms with Crippen LogP contribution in [-0.4, -0.2) is 63.8 Å². The van der Waals surface area contributed by atoms with Gasteiger partial charge in [0.15, 0.2) is 0 Å². The van der Waals surface area contributed by atoms with E-state index in [1.165, 1.54) is 4.90 Å². The summed E-state index contributed by atoms with van der Waals surface area (Å²) in [7, 11) is 0. The van der Waals surface area contributed by atoms with Crippen molar-refractivity contribution in [3.8, 4) is 0 Å². The van der Waals surface area contributed by atoms with E-state index in [2.05, 4.69) is 6.92 Å². The van der Waals surface area contributed by atoms with E-state index in [-0.39, 0.29) is 19.0 Å². The fraction of sp³-hybridized carbons (Fsp3) is 0.846. The number of carboxylic acid groups (broad SMARTS) is 1. The average molecular weight is 270 g/mol. The highest BCUT2D eigenvalue weighted by atomic mass is 16.4. The van der Waals surface area contributed by atoms with Gasteiger partial charge in [0.25, 0.3) is 0 Å². The minimum Gasteiger partial charge on any atom is -0.480 e. The van der Waals surface area contributed by atoms with Crippen molar-refractivity contribution in [3.63, 3.8) is 0 Å². The van der Waals surface area contributed by atoms with Crippen LogP contribution in [0.4, 0.5) is 4.79 Å². The van der Waals surface area contributed by atoms with E-state index in [0.29, 0.717) is 19.0 Å². The second kappa shape index (κ2) is 5.77. The largest absolute Gasteiger partial charge is 0.480 e. The van der Waals surface area contributed by atoms with Crippen LogP contribution in [0.5, 0.6) is 0 Å². The summed E-state index contributed by atoms with van der Waals surface area (Å²) < 4.78 is 0. The van der Waals surface area contributed by atoms with Gasteiger partial charge in [0.05, 0.1) is 6.10 Å². The van der Waals surface area contributed by atoms with Gasteiger partial charge >= 0.3 is 12.0 Å². The van der Waals surface area contributed by atoms with Crippen molar-refractivity contribution in [1.82, 2.24) is 9.80 Å². The van der Waals surface area contributed by atoms with E-state index in [1.807, 2.05) is 0 Å². The SMILES string of the molecule is CC1CCCN(C(=O)N2CC(O)CC2C(=O)O)CC1. The van der Waals surface area contributed by atoms with Crippen LogP contribution >= 0.6 is 0 Å². The summed E-state index contributed by atoms with van der Waals surface area (Å²) >= 11 is 0. The van der Waals surface area contributed by atoms with Crippen LogP contribution in [0.2, 0.25) is 0 Å². The quantitative estimate of drug-likeness (QED) is 0.736. The van der Waals surface area contributed by atoms with Crippen molar-refractivity contribution in [3.05, 3.63) is 0 Å². The molecule has 0 spiro atoms. The highest BCUT2D eigenvalue weighted by molar-refractivity contribution is 5.83. The summed E-state index contributed by atoms with van der Waals surface area (Å²) in [6.45, 7) is 3.66. The number of carboxylic acids is 1. The van der Waals surface area contributed by atoms with E-state index in [9.17, 15) is 14.7 Å². The molecule has 3 unspecified atom stereocenters. The van der Waals surface area contributed by atoms with Gasteiger partial charge in [0, 0.05) is 26.1 Å². The lowest BCUT2D eigenvalue weighted by Gasteiger charge is -2.29. The second-order valence-corrected chi connectivity index (χ2v) is 5.70. The summed E-state index contributed by atoms with van der Waals surface area (Å²) in [4.78, 5) is 26.6. The maximum Gasteiger partial charge on any atom is 0.326 e. The Morgan fingerprint density at radius 3 is 2.63 bits per heavy atom. The number of carbonyl (C=O) groups excluding carboxylic acids is 1. The van der Waals surface area contributed by atoms with E-state index < -0.39 is 18.1 Å². The molecule has 0 aromatic rings. The van der Waals surface area contributed by atoms with Crippen LogP contribution in [0.15, 0.2) is 0 Å². The molecule has 2 rings (SSSR count). The number of aliphatic hydroxyl groups excluding tert-OH is 1. The molecule has 108 valence electrons. The minimum atomic E-state index is -1.03. The third kappa shape index (κ3) is 3.18. The van der Waals surface area contributed by atoms with Crippen molar-refractivity contribution in [2.45, 2.75) is 44.8 Å². The first-order chi connectivity index (χ1) is 8.99. The molecule has 2 N–H and O–H groups in total. The number of rotatable bonds is 1. The van der Waals surface area contributed by atoms with Crippen LogP contribution in [0, 0.1) is 5.92 Å². The molecule has 2 amide bonds. The first-order valence-electron chi connectivity index (χ1n) is 6.95. The maximum absolute atomic E-state index is 12.4. The number of hydrogen-bond donors (Lipinski definition) is 2. The molecule has 0 bridgehead atoms. The summed E-state index contributed by atoms with van der Waals surface area (Å²) in [6.07, 6.45) is 2.43. The predicted molar refractivity (Wildman–Crippen MR) is 68.7 cm³/mol. The molecule has 19 heavy (non-hydrogen) atoms. The third-order valence-electron chi connectivity index (χ3n) is 4.10. The lowest BCUT2D eigenvalue weighted by atomic mass is 10.0. The van der Waals surface area contributed by atoms with Crippen LogP contribution in [0.25, 0.3) is 0 Å². The molecular formula is C13H22N2O4. The predicted octanol–water partition coefficient (Wildman–Crippen LogP) is 0.748. The van der Waals surface area contributed by atoms with E-state index >= 15 is 0 Å². The van der Waals surface area contributed by atoms with E-state index in [4.69, 9.17) is 5.11 Å². The highest BCUT2D eigenvalue weighted by Gasteiger charge is 2.40. The first kappa shape index (κ1) is 14.1. The van der Waals surface area contributed by atoms with Gasteiger partial charge in [-0.3, -0.25) is 0 Å². The summed E-state index contributed by atoms with van der Waals surface area (Å²) in [5.74, 6) is -0.426. The molecule has 2 heterocycles. The van der Waals surface area contributed by atoms with Gasteiger partial charge < -0.3 is 20.0 Å². The molecule has 2 aliphatic rings. The second-order valence-electron chi connectivity index (χ2n) is 5.70. The summed E-state index contributed by atoms with van der Waals surface area (Å²) in [5.41, 5.74) is 0. The van der Waals surface area contributed by atoms with E-state index in [0.717, 1.165) is 19.3 Å². The first-order valence-corrected chi connectivity index (χ1v) is 6.95. The van der Waals surface area contributed by atoms with Crippen molar-refractivity contribution >= 4 is 12.0 Å². The number of β-amino-alcohol motifs (C(OH)–C–C–N with tert-alkyl or cyclic N) is 1. The monoisotopic (exact) mass is 270 g/mol. The molecule has 6 nitrogen and oxygen atoms in total. The Morgan fingerprint density at radius 2 is 1.95 bits per heavy atom.